The molecule has 0 saturated heterocycles. The first-order chi connectivity index (χ1) is 15.0. The summed E-state index contributed by atoms with van der Waals surface area (Å²) in [5, 5.41) is 5.76. The minimum atomic E-state index is -0.395. The van der Waals surface area contributed by atoms with E-state index in [1.54, 1.807) is 31.4 Å². The van der Waals surface area contributed by atoms with E-state index in [-0.39, 0.29) is 17.7 Å². The summed E-state index contributed by atoms with van der Waals surface area (Å²) >= 11 is 0. The third-order valence-corrected chi connectivity index (χ3v) is 5.01. The van der Waals surface area contributed by atoms with Crippen LogP contribution in [0.25, 0.3) is 6.08 Å². The maximum atomic E-state index is 12.7. The molecule has 1 atom stereocenters. The van der Waals surface area contributed by atoms with Gasteiger partial charge in [0.05, 0.1) is 18.8 Å². The third-order valence-electron chi connectivity index (χ3n) is 5.01. The lowest BCUT2D eigenvalue weighted by Crippen LogP contribution is -2.27. The van der Waals surface area contributed by atoms with Crippen LogP contribution in [-0.4, -0.2) is 18.9 Å². The Bertz CT molecular complexity index is 1160. The lowest BCUT2D eigenvalue weighted by atomic mass is 10.1. The van der Waals surface area contributed by atoms with Crippen molar-refractivity contribution in [2.75, 3.05) is 12.4 Å². The molecule has 156 valence electrons. The SMILES string of the molecule is COc1ccccc1/C=C1\Oc2ccc(C(=O)N[C@H](C)c3ccccc3)cc2NC1=O. The molecule has 1 aliphatic heterocycles. The quantitative estimate of drug-likeness (QED) is 0.600. The number of hydrogen-bond donors (Lipinski definition) is 2. The summed E-state index contributed by atoms with van der Waals surface area (Å²) in [5.74, 6) is 0.620. The first-order valence-corrected chi connectivity index (χ1v) is 9.89. The van der Waals surface area contributed by atoms with E-state index in [0.717, 1.165) is 11.1 Å². The predicted octanol–water partition coefficient (Wildman–Crippen LogP) is 4.56. The van der Waals surface area contributed by atoms with Gasteiger partial charge >= 0.3 is 0 Å². The van der Waals surface area contributed by atoms with Gasteiger partial charge in [-0.1, -0.05) is 48.5 Å². The Hall–Kier alpha value is -4.06. The van der Waals surface area contributed by atoms with Crippen LogP contribution in [0.15, 0.2) is 78.6 Å². The number of fused-ring (bicyclic) bond motifs is 1. The molecule has 1 heterocycles. The van der Waals surface area contributed by atoms with Crippen LogP contribution >= 0.6 is 0 Å². The Kier molecular flexibility index (Phi) is 5.71. The molecular weight excluding hydrogens is 392 g/mol. The average molecular weight is 414 g/mol. The van der Waals surface area contributed by atoms with Crippen molar-refractivity contribution in [3.05, 3.63) is 95.2 Å². The molecule has 6 heteroatoms. The molecular formula is C25H22N2O4. The molecule has 0 radical (unpaired) electrons. The first kappa shape index (κ1) is 20.2. The summed E-state index contributed by atoms with van der Waals surface area (Å²) < 4.78 is 11.1. The molecule has 2 N–H and O–H groups in total. The van der Waals surface area contributed by atoms with Crippen molar-refractivity contribution in [1.29, 1.82) is 0 Å². The van der Waals surface area contributed by atoms with Crippen molar-refractivity contribution < 1.29 is 19.1 Å². The maximum absolute atomic E-state index is 12.7. The monoisotopic (exact) mass is 414 g/mol. The second-order valence-electron chi connectivity index (χ2n) is 7.12. The van der Waals surface area contributed by atoms with Gasteiger partial charge in [-0.15, -0.1) is 0 Å². The molecule has 0 saturated carbocycles. The van der Waals surface area contributed by atoms with Crippen LogP contribution in [0.5, 0.6) is 11.5 Å². The number of nitrogens with one attached hydrogen (secondary N) is 2. The van der Waals surface area contributed by atoms with E-state index in [2.05, 4.69) is 10.6 Å². The van der Waals surface area contributed by atoms with Gasteiger partial charge in [0, 0.05) is 11.1 Å². The minimum Gasteiger partial charge on any atom is -0.496 e. The van der Waals surface area contributed by atoms with Crippen molar-refractivity contribution >= 4 is 23.6 Å². The van der Waals surface area contributed by atoms with E-state index >= 15 is 0 Å². The van der Waals surface area contributed by atoms with Crippen LogP contribution in [0.3, 0.4) is 0 Å². The zero-order valence-electron chi connectivity index (χ0n) is 17.2. The van der Waals surface area contributed by atoms with E-state index in [9.17, 15) is 9.59 Å². The summed E-state index contributed by atoms with van der Waals surface area (Å²) in [5.41, 5.74) is 2.62. The van der Waals surface area contributed by atoms with E-state index < -0.39 is 5.91 Å². The Labute approximate surface area is 180 Å². The number of benzene rings is 3. The fourth-order valence-corrected chi connectivity index (χ4v) is 3.33. The number of carbonyl (C=O) groups is 2. The van der Waals surface area contributed by atoms with Crippen molar-refractivity contribution in [3.8, 4) is 11.5 Å². The van der Waals surface area contributed by atoms with Crippen LogP contribution in [0.4, 0.5) is 5.69 Å². The normalized spacial score (nSPS) is 14.8. The maximum Gasteiger partial charge on any atom is 0.291 e. The number of hydrogen-bond acceptors (Lipinski definition) is 4. The molecule has 6 nitrogen and oxygen atoms in total. The van der Waals surface area contributed by atoms with Gasteiger partial charge < -0.3 is 20.1 Å². The highest BCUT2D eigenvalue weighted by molar-refractivity contribution is 6.09. The van der Waals surface area contributed by atoms with Crippen molar-refractivity contribution in [3.63, 3.8) is 0 Å². The molecule has 31 heavy (non-hydrogen) atoms. The number of para-hydroxylation sites is 1. The first-order valence-electron chi connectivity index (χ1n) is 9.89. The standard InChI is InChI=1S/C25H22N2O4/c1-16(17-8-4-3-5-9-17)26-24(28)19-12-13-22-20(14-19)27-25(29)23(31-22)15-18-10-6-7-11-21(18)30-2/h3-16H,1-2H3,(H,26,28)(H,27,29)/b23-15-/t16-/m1/s1. The lowest BCUT2D eigenvalue weighted by Gasteiger charge is -2.21. The van der Waals surface area contributed by atoms with Gasteiger partial charge in [0.1, 0.15) is 5.75 Å². The van der Waals surface area contributed by atoms with Gasteiger partial charge in [-0.25, -0.2) is 0 Å². The van der Waals surface area contributed by atoms with E-state index in [1.165, 1.54) is 0 Å². The van der Waals surface area contributed by atoms with Gasteiger partial charge in [-0.2, -0.15) is 0 Å². The van der Waals surface area contributed by atoms with Crippen LogP contribution in [0.2, 0.25) is 0 Å². The zero-order valence-corrected chi connectivity index (χ0v) is 17.2. The second-order valence-corrected chi connectivity index (χ2v) is 7.12. The van der Waals surface area contributed by atoms with Crippen molar-refractivity contribution in [1.82, 2.24) is 5.32 Å². The molecule has 3 aromatic rings. The number of ether oxygens (including phenoxy) is 2. The molecule has 0 aliphatic carbocycles. The largest absolute Gasteiger partial charge is 0.496 e. The molecule has 2 amide bonds. The molecule has 0 fully saturated rings. The fraction of sp³-hybridized carbons (Fsp3) is 0.120. The average Bonchev–Trinajstić information content (AvgIpc) is 2.80. The Balaban J connectivity index is 1.53. The fourth-order valence-electron chi connectivity index (χ4n) is 3.33. The number of rotatable bonds is 5. The van der Waals surface area contributed by atoms with Gasteiger partial charge in [0.15, 0.2) is 11.5 Å². The van der Waals surface area contributed by atoms with E-state index in [4.69, 9.17) is 9.47 Å². The lowest BCUT2D eigenvalue weighted by molar-refractivity contribution is -0.115. The molecule has 0 bridgehead atoms. The highest BCUT2D eigenvalue weighted by Crippen LogP contribution is 2.33. The minimum absolute atomic E-state index is 0.145. The summed E-state index contributed by atoms with van der Waals surface area (Å²) in [7, 11) is 1.57. The second kappa shape index (κ2) is 8.75. The highest BCUT2D eigenvalue weighted by Gasteiger charge is 2.24. The number of methoxy groups -OCH3 is 1. The highest BCUT2D eigenvalue weighted by atomic mass is 16.5. The third kappa shape index (κ3) is 4.43. The summed E-state index contributed by atoms with van der Waals surface area (Å²) in [4.78, 5) is 25.2. The molecule has 1 aliphatic rings. The van der Waals surface area contributed by atoms with E-state index in [1.807, 2.05) is 61.5 Å². The molecule has 0 aromatic heterocycles. The Morgan fingerprint density at radius 2 is 1.81 bits per heavy atom. The van der Waals surface area contributed by atoms with Gasteiger partial charge in [-0.3, -0.25) is 9.59 Å². The summed E-state index contributed by atoms with van der Waals surface area (Å²) in [6.45, 7) is 1.92. The van der Waals surface area contributed by atoms with Crippen LogP contribution < -0.4 is 20.1 Å². The van der Waals surface area contributed by atoms with Gasteiger partial charge in [-0.05, 0) is 42.8 Å². The zero-order chi connectivity index (χ0) is 21.8. The van der Waals surface area contributed by atoms with E-state index in [0.29, 0.717) is 22.7 Å². The van der Waals surface area contributed by atoms with Crippen molar-refractivity contribution in [2.24, 2.45) is 0 Å². The van der Waals surface area contributed by atoms with Gasteiger partial charge in [0.2, 0.25) is 0 Å². The predicted molar refractivity (Wildman–Crippen MR) is 119 cm³/mol. The van der Waals surface area contributed by atoms with Crippen molar-refractivity contribution in [2.45, 2.75) is 13.0 Å². The Morgan fingerprint density at radius 3 is 2.58 bits per heavy atom. The van der Waals surface area contributed by atoms with Gasteiger partial charge in [0.25, 0.3) is 11.8 Å². The Morgan fingerprint density at radius 1 is 1.06 bits per heavy atom. The smallest absolute Gasteiger partial charge is 0.291 e. The summed E-state index contributed by atoms with van der Waals surface area (Å²) in [6.07, 6.45) is 1.62. The molecule has 4 rings (SSSR count). The molecule has 0 unspecified atom stereocenters. The molecule has 3 aromatic carbocycles. The molecule has 0 spiro atoms. The van der Waals surface area contributed by atoms with Crippen LogP contribution in [-0.2, 0) is 4.79 Å². The number of amides is 2. The summed E-state index contributed by atoms with van der Waals surface area (Å²) in [6, 6.07) is 21.9. The topological polar surface area (TPSA) is 76.7 Å². The number of anilines is 1. The van der Waals surface area contributed by atoms with Crippen LogP contribution in [0.1, 0.15) is 34.5 Å². The number of carbonyl (C=O) groups excluding carboxylic acids is 2. The van der Waals surface area contributed by atoms with Crippen LogP contribution in [0, 0.1) is 0 Å².